The minimum Gasteiger partial charge on any atom is -0.480 e. The van der Waals surface area contributed by atoms with E-state index in [0.29, 0.717) is 13.1 Å². The summed E-state index contributed by atoms with van der Waals surface area (Å²) in [5.41, 5.74) is 0. The van der Waals surface area contributed by atoms with E-state index >= 15 is 0 Å². The molecule has 0 heterocycles. The maximum Gasteiger partial charge on any atom is 0.326 e. The van der Waals surface area contributed by atoms with Gasteiger partial charge in [-0.2, -0.15) is 0 Å². The van der Waals surface area contributed by atoms with Gasteiger partial charge in [0.05, 0.1) is 0 Å². The van der Waals surface area contributed by atoms with Gasteiger partial charge in [-0.3, -0.25) is 0 Å². The van der Waals surface area contributed by atoms with E-state index in [1.165, 1.54) is 0 Å². The largest absolute Gasteiger partial charge is 0.480 e. The summed E-state index contributed by atoms with van der Waals surface area (Å²) in [7, 11) is 3.79. The Labute approximate surface area is 96.0 Å². The number of nitrogens with one attached hydrogen (secondary N) is 2. The first-order valence-corrected chi connectivity index (χ1v) is 5.26. The van der Waals surface area contributed by atoms with E-state index in [0.717, 1.165) is 0 Å². The van der Waals surface area contributed by atoms with Gasteiger partial charge in [-0.1, -0.05) is 13.8 Å². The van der Waals surface area contributed by atoms with Crippen LogP contribution in [-0.4, -0.2) is 55.2 Å². The molecular weight excluding hydrogens is 210 g/mol. The summed E-state index contributed by atoms with van der Waals surface area (Å²) < 4.78 is 0. The molecule has 1 atom stereocenters. The molecular formula is C10H21N3O3. The topological polar surface area (TPSA) is 81.7 Å². The Bertz CT molecular complexity index is 241. The van der Waals surface area contributed by atoms with Crippen LogP contribution in [-0.2, 0) is 4.79 Å². The van der Waals surface area contributed by atoms with E-state index in [1.807, 2.05) is 19.0 Å². The summed E-state index contributed by atoms with van der Waals surface area (Å²) >= 11 is 0. The number of nitrogens with zero attached hydrogens (tertiary/aromatic N) is 1. The van der Waals surface area contributed by atoms with E-state index < -0.39 is 18.0 Å². The van der Waals surface area contributed by atoms with Gasteiger partial charge in [-0.25, -0.2) is 9.59 Å². The van der Waals surface area contributed by atoms with E-state index in [9.17, 15) is 9.59 Å². The predicted octanol–water partition coefficient (Wildman–Crippen LogP) is -0.0436. The van der Waals surface area contributed by atoms with Gasteiger partial charge >= 0.3 is 12.0 Å². The molecule has 0 radical (unpaired) electrons. The van der Waals surface area contributed by atoms with Crippen LogP contribution in [0.15, 0.2) is 0 Å². The van der Waals surface area contributed by atoms with Gasteiger partial charge in [0.2, 0.25) is 0 Å². The first kappa shape index (κ1) is 14.7. The van der Waals surface area contributed by atoms with Crippen molar-refractivity contribution >= 4 is 12.0 Å². The first-order chi connectivity index (χ1) is 7.34. The number of amides is 2. The van der Waals surface area contributed by atoms with Crippen molar-refractivity contribution in [3.8, 4) is 0 Å². The van der Waals surface area contributed by atoms with Crippen LogP contribution in [0.4, 0.5) is 4.79 Å². The number of likely N-dealkylation sites (N-methyl/N-ethyl adjacent to an activating group) is 1. The van der Waals surface area contributed by atoms with Crippen LogP contribution in [0, 0.1) is 5.92 Å². The highest BCUT2D eigenvalue weighted by molar-refractivity contribution is 5.82. The molecule has 0 saturated heterocycles. The first-order valence-electron chi connectivity index (χ1n) is 5.26. The highest BCUT2D eigenvalue weighted by Crippen LogP contribution is 2.00. The smallest absolute Gasteiger partial charge is 0.326 e. The highest BCUT2D eigenvalue weighted by Gasteiger charge is 2.22. The van der Waals surface area contributed by atoms with Crippen molar-refractivity contribution < 1.29 is 14.7 Å². The lowest BCUT2D eigenvalue weighted by Crippen LogP contribution is -2.49. The van der Waals surface area contributed by atoms with Gasteiger partial charge in [0, 0.05) is 13.1 Å². The number of carbonyl (C=O) groups excluding carboxylic acids is 1. The average Bonchev–Trinajstić information content (AvgIpc) is 2.12. The molecule has 94 valence electrons. The minimum absolute atomic E-state index is 0.142. The van der Waals surface area contributed by atoms with Gasteiger partial charge in [0.1, 0.15) is 6.04 Å². The fraction of sp³-hybridized carbons (Fsp3) is 0.800. The summed E-state index contributed by atoms with van der Waals surface area (Å²) in [5.74, 6) is -1.16. The summed E-state index contributed by atoms with van der Waals surface area (Å²) in [6.07, 6.45) is 0. The number of rotatable bonds is 6. The van der Waals surface area contributed by atoms with Crippen LogP contribution in [0.2, 0.25) is 0 Å². The fourth-order valence-electron chi connectivity index (χ4n) is 1.10. The van der Waals surface area contributed by atoms with Crippen molar-refractivity contribution in [1.29, 1.82) is 0 Å². The number of carboxylic acids is 1. The summed E-state index contributed by atoms with van der Waals surface area (Å²) in [5, 5.41) is 13.9. The normalized spacial score (nSPS) is 12.6. The second kappa shape index (κ2) is 7.05. The maximum absolute atomic E-state index is 11.3. The van der Waals surface area contributed by atoms with Crippen molar-refractivity contribution in [1.82, 2.24) is 15.5 Å². The molecule has 0 saturated carbocycles. The van der Waals surface area contributed by atoms with Gasteiger partial charge in [-0.15, -0.1) is 0 Å². The van der Waals surface area contributed by atoms with E-state index in [2.05, 4.69) is 10.6 Å². The van der Waals surface area contributed by atoms with Crippen molar-refractivity contribution in [2.75, 3.05) is 27.2 Å². The molecule has 0 aliphatic rings. The van der Waals surface area contributed by atoms with Crippen molar-refractivity contribution in [3.05, 3.63) is 0 Å². The fourth-order valence-corrected chi connectivity index (χ4v) is 1.10. The maximum atomic E-state index is 11.3. The molecule has 0 spiro atoms. The molecule has 6 nitrogen and oxygen atoms in total. The Balaban J connectivity index is 3.97. The zero-order valence-electron chi connectivity index (χ0n) is 10.3. The Kier molecular flexibility index (Phi) is 6.48. The standard InChI is InChI=1S/C10H21N3O3/c1-7(2)8(9(14)15)12-10(16)11-5-6-13(3)4/h7-8H,5-6H2,1-4H3,(H,14,15)(H2,11,12,16)/t8-/m1/s1. The lowest BCUT2D eigenvalue weighted by Gasteiger charge is -2.18. The summed E-state index contributed by atoms with van der Waals surface area (Å²) in [4.78, 5) is 24.1. The molecule has 0 unspecified atom stereocenters. The Hall–Kier alpha value is -1.30. The van der Waals surface area contributed by atoms with Crippen LogP contribution in [0.5, 0.6) is 0 Å². The molecule has 0 aliphatic carbocycles. The Morgan fingerprint density at radius 1 is 1.31 bits per heavy atom. The second-order valence-electron chi connectivity index (χ2n) is 4.26. The average molecular weight is 231 g/mol. The van der Waals surface area contributed by atoms with Crippen molar-refractivity contribution in [3.63, 3.8) is 0 Å². The van der Waals surface area contributed by atoms with Gasteiger partial charge in [-0.05, 0) is 20.0 Å². The number of carboxylic acid groups (broad SMARTS) is 1. The molecule has 6 heteroatoms. The third-order valence-electron chi connectivity index (χ3n) is 2.06. The lowest BCUT2D eigenvalue weighted by atomic mass is 10.1. The predicted molar refractivity (Wildman–Crippen MR) is 61.4 cm³/mol. The van der Waals surface area contributed by atoms with Gasteiger partial charge < -0.3 is 20.6 Å². The van der Waals surface area contributed by atoms with Crippen molar-refractivity contribution in [2.45, 2.75) is 19.9 Å². The lowest BCUT2D eigenvalue weighted by molar-refractivity contribution is -0.140. The second-order valence-corrected chi connectivity index (χ2v) is 4.26. The molecule has 0 aromatic heterocycles. The number of carbonyl (C=O) groups is 2. The van der Waals surface area contributed by atoms with Gasteiger partial charge in [0.15, 0.2) is 0 Å². The van der Waals surface area contributed by atoms with Crippen LogP contribution < -0.4 is 10.6 Å². The van der Waals surface area contributed by atoms with Crippen LogP contribution >= 0.6 is 0 Å². The molecule has 0 bridgehead atoms. The van der Waals surface area contributed by atoms with Crippen LogP contribution in [0.25, 0.3) is 0 Å². The zero-order chi connectivity index (χ0) is 12.7. The molecule has 3 N–H and O–H groups in total. The third kappa shape index (κ3) is 6.23. The molecule has 16 heavy (non-hydrogen) atoms. The molecule has 0 aromatic carbocycles. The van der Waals surface area contributed by atoms with Gasteiger partial charge in [0.25, 0.3) is 0 Å². The Morgan fingerprint density at radius 3 is 2.25 bits per heavy atom. The monoisotopic (exact) mass is 231 g/mol. The van der Waals surface area contributed by atoms with E-state index in [-0.39, 0.29) is 5.92 Å². The molecule has 2 amide bonds. The van der Waals surface area contributed by atoms with Crippen LogP contribution in [0.3, 0.4) is 0 Å². The van der Waals surface area contributed by atoms with E-state index in [4.69, 9.17) is 5.11 Å². The Morgan fingerprint density at radius 2 is 1.88 bits per heavy atom. The molecule has 0 fully saturated rings. The SMILES string of the molecule is CC(C)[C@@H](NC(=O)NCCN(C)C)C(=O)O. The molecule has 0 aromatic rings. The van der Waals surface area contributed by atoms with Crippen LogP contribution in [0.1, 0.15) is 13.8 Å². The van der Waals surface area contributed by atoms with E-state index in [1.54, 1.807) is 13.8 Å². The summed E-state index contributed by atoms with van der Waals surface area (Å²) in [6, 6.07) is -1.29. The molecule has 0 aliphatic heterocycles. The molecule has 0 rings (SSSR count). The number of urea groups is 1. The quantitative estimate of drug-likeness (QED) is 0.599. The zero-order valence-corrected chi connectivity index (χ0v) is 10.3. The van der Waals surface area contributed by atoms with Crippen molar-refractivity contribution in [2.24, 2.45) is 5.92 Å². The summed E-state index contributed by atoms with van der Waals surface area (Å²) in [6.45, 7) is 4.70. The number of hydrogen-bond acceptors (Lipinski definition) is 3. The number of hydrogen-bond donors (Lipinski definition) is 3. The third-order valence-corrected chi connectivity index (χ3v) is 2.06. The minimum atomic E-state index is -1.02. The number of aliphatic carboxylic acids is 1. The highest BCUT2D eigenvalue weighted by atomic mass is 16.4.